The van der Waals surface area contributed by atoms with Crippen molar-refractivity contribution in [1.29, 1.82) is 0 Å². The maximum atomic E-state index is 10.6. The Morgan fingerprint density at radius 2 is 1.33 bits per heavy atom. The van der Waals surface area contributed by atoms with E-state index in [4.69, 9.17) is 13.6 Å². The second-order valence-corrected chi connectivity index (χ2v) is 22.4. The largest absolute Gasteiger partial charge is 0.414 e. The van der Waals surface area contributed by atoms with Gasteiger partial charge in [0.2, 0.25) is 0 Å². The topological polar surface area (TPSA) is 47.9 Å². The summed E-state index contributed by atoms with van der Waals surface area (Å²) >= 11 is 0. The molecule has 0 fully saturated rings. The third kappa shape index (κ3) is 8.97. The highest BCUT2D eigenvalue weighted by Crippen LogP contribution is 2.39. The lowest BCUT2D eigenvalue weighted by Crippen LogP contribution is -2.66. The summed E-state index contributed by atoms with van der Waals surface area (Å²) in [7, 11) is -2.85. The predicted octanol–water partition coefficient (Wildman–Crippen LogP) is 7.08. The average Bonchev–Trinajstić information content (AvgIpc) is 2.85. The summed E-state index contributed by atoms with van der Waals surface area (Å²) in [5.74, 6) is 0. The molecule has 4 nitrogen and oxygen atoms in total. The van der Waals surface area contributed by atoms with Gasteiger partial charge in [0, 0.05) is 19.8 Å². The molecule has 1 N–H and O–H groups in total. The third-order valence-corrected chi connectivity index (χ3v) is 17.9. The number of aliphatic hydroxyl groups excluding tert-OH is 1. The van der Waals surface area contributed by atoms with Crippen molar-refractivity contribution in [2.75, 3.05) is 13.7 Å². The fraction of sp³-hybridized carbons (Fsp3) is 0.576. The van der Waals surface area contributed by atoms with Crippen molar-refractivity contribution in [2.24, 2.45) is 0 Å². The van der Waals surface area contributed by atoms with Gasteiger partial charge in [0.15, 0.2) is 8.32 Å². The SMILES string of the molecule is C=CC[C@H](O)C[C@@H](C[C@@H](CCO[Si](c1ccccc1)(c1ccccc1)C(C)(C)C)OC)O[Si](C)(C)C(C)(C)C. The smallest absolute Gasteiger partial charge is 0.261 e. The quantitative estimate of drug-likeness (QED) is 0.184. The predicted molar refractivity (Wildman–Crippen MR) is 171 cm³/mol. The number of aliphatic hydroxyl groups is 1. The monoisotopic (exact) mass is 570 g/mol. The van der Waals surface area contributed by atoms with Crippen LogP contribution in [0.15, 0.2) is 73.3 Å². The minimum atomic E-state index is -2.60. The van der Waals surface area contributed by atoms with E-state index < -0.39 is 22.7 Å². The molecule has 0 heterocycles. The second-order valence-electron chi connectivity index (χ2n) is 13.3. The Morgan fingerprint density at radius 1 is 0.821 bits per heavy atom. The Balaban J connectivity index is 2.29. The fourth-order valence-electron chi connectivity index (χ4n) is 5.11. The molecule has 0 saturated carbocycles. The van der Waals surface area contributed by atoms with Crippen LogP contribution in [0.4, 0.5) is 0 Å². The van der Waals surface area contributed by atoms with Gasteiger partial charge in [-0.25, -0.2) is 0 Å². The zero-order valence-electron chi connectivity index (χ0n) is 26.0. The molecule has 2 rings (SSSR count). The first kappa shape index (κ1) is 33.7. The standard InChI is InChI=1S/C33H54O4Si2/c1-11-18-27(34)25-29(37-38(9,10)32(2,3)4)26-28(35-8)23-24-36-39(33(5,6)7,30-19-14-12-15-20-30)31-21-16-13-17-22-31/h11-17,19-22,27-29,34H,1,18,23-26H2,2-10H3/t27-,28+,29-/m0/s1. The molecule has 2 aromatic rings. The van der Waals surface area contributed by atoms with Crippen molar-refractivity contribution in [3.05, 3.63) is 73.3 Å². The molecule has 0 radical (unpaired) electrons. The summed E-state index contributed by atoms with van der Waals surface area (Å²) in [5.41, 5.74) is 0. The van der Waals surface area contributed by atoms with Crippen molar-refractivity contribution in [3.8, 4) is 0 Å². The number of ether oxygens (including phenoxy) is 1. The maximum Gasteiger partial charge on any atom is 0.261 e. The third-order valence-electron chi connectivity index (χ3n) is 8.28. The lowest BCUT2D eigenvalue weighted by molar-refractivity contribution is 0.0167. The van der Waals surface area contributed by atoms with E-state index in [1.807, 2.05) is 0 Å². The summed E-state index contributed by atoms with van der Waals surface area (Å²) in [5, 5.41) is 13.2. The van der Waals surface area contributed by atoms with E-state index >= 15 is 0 Å². The van der Waals surface area contributed by atoms with Crippen molar-refractivity contribution in [3.63, 3.8) is 0 Å². The lowest BCUT2D eigenvalue weighted by Gasteiger charge is -2.43. The highest BCUT2D eigenvalue weighted by Gasteiger charge is 2.50. The van der Waals surface area contributed by atoms with Crippen LogP contribution in [0.25, 0.3) is 0 Å². The van der Waals surface area contributed by atoms with Crippen LogP contribution < -0.4 is 10.4 Å². The summed E-state index contributed by atoms with van der Waals surface area (Å²) in [6.07, 6.45) is 3.81. The van der Waals surface area contributed by atoms with E-state index in [-0.39, 0.29) is 22.3 Å². The Hall–Kier alpha value is -1.55. The second kappa shape index (κ2) is 14.4. The van der Waals surface area contributed by atoms with E-state index in [0.717, 1.165) is 12.8 Å². The molecule has 0 unspecified atom stereocenters. The molecule has 0 spiro atoms. The van der Waals surface area contributed by atoms with Crippen LogP contribution in [0.2, 0.25) is 23.2 Å². The van der Waals surface area contributed by atoms with Gasteiger partial charge in [0.05, 0.1) is 12.2 Å². The van der Waals surface area contributed by atoms with E-state index in [1.165, 1.54) is 10.4 Å². The summed E-state index contributed by atoms with van der Waals surface area (Å²) < 4.78 is 19.9. The first-order valence-corrected chi connectivity index (χ1v) is 19.2. The number of benzene rings is 2. The molecule has 0 aromatic heterocycles. The number of hydrogen-bond acceptors (Lipinski definition) is 4. The summed E-state index contributed by atoms with van der Waals surface area (Å²) in [4.78, 5) is 0. The molecule has 0 amide bonds. The molecule has 0 saturated heterocycles. The van der Waals surface area contributed by atoms with Crippen LogP contribution in [0.1, 0.15) is 67.2 Å². The van der Waals surface area contributed by atoms with Gasteiger partial charge < -0.3 is 18.7 Å². The number of methoxy groups -OCH3 is 1. The van der Waals surface area contributed by atoms with Crippen LogP contribution >= 0.6 is 0 Å². The van der Waals surface area contributed by atoms with E-state index in [2.05, 4.69) is 122 Å². The van der Waals surface area contributed by atoms with E-state index in [9.17, 15) is 5.11 Å². The Morgan fingerprint density at radius 3 is 1.74 bits per heavy atom. The molecule has 3 atom stereocenters. The Labute approximate surface area is 241 Å². The number of rotatable bonds is 15. The van der Waals surface area contributed by atoms with Gasteiger partial charge >= 0.3 is 0 Å². The molecule has 2 aromatic carbocycles. The zero-order valence-corrected chi connectivity index (χ0v) is 28.0. The highest BCUT2D eigenvalue weighted by atomic mass is 28.4. The average molecular weight is 571 g/mol. The number of hydrogen-bond donors (Lipinski definition) is 1. The first-order chi connectivity index (χ1) is 18.2. The van der Waals surface area contributed by atoms with Gasteiger partial charge in [-0.3, -0.25) is 0 Å². The van der Waals surface area contributed by atoms with Gasteiger partial charge in [-0.05, 0) is 59.2 Å². The van der Waals surface area contributed by atoms with E-state index in [0.29, 0.717) is 19.4 Å². The molecule has 0 aliphatic rings. The normalized spacial score (nSPS) is 15.5. The Bertz CT molecular complexity index is 941. The molecule has 0 aliphatic carbocycles. The minimum absolute atomic E-state index is 0.0334. The Kier molecular flexibility index (Phi) is 12.4. The molecule has 0 bridgehead atoms. The molecule has 218 valence electrons. The van der Waals surface area contributed by atoms with Crippen LogP contribution in [-0.2, 0) is 13.6 Å². The molecule has 6 heteroatoms. The van der Waals surface area contributed by atoms with Crippen LogP contribution in [0, 0.1) is 0 Å². The van der Waals surface area contributed by atoms with Crippen LogP contribution in [0.5, 0.6) is 0 Å². The van der Waals surface area contributed by atoms with Gasteiger partial charge in [-0.1, -0.05) is 108 Å². The molecular weight excluding hydrogens is 517 g/mol. The van der Waals surface area contributed by atoms with Crippen molar-refractivity contribution in [1.82, 2.24) is 0 Å². The van der Waals surface area contributed by atoms with Crippen molar-refractivity contribution >= 4 is 27.0 Å². The molecular formula is C33H54O4Si2. The van der Waals surface area contributed by atoms with Gasteiger partial charge in [0.1, 0.15) is 0 Å². The zero-order chi connectivity index (χ0) is 29.3. The van der Waals surface area contributed by atoms with Crippen molar-refractivity contribution in [2.45, 2.75) is 109 Å². The van der Waals surface area contributed by atoms with Gasteiger partial charge in [-0.2, -0.15) is 0 Å². The fourth-order valence-corrected chi connectivity index (χ4v) is 11.1. The van der Waals surface area contributed by atoms with Gasteiger partial charge in [-0.15, -0.1) is 6.58 Å². The van der Waals surface area contributed by atoms with Crippen molar-refractivity contribution < 1.29 is 18.7 Å². The van der Waals surface area contributed by atoms with Crippen LogP contribution in [-0.4, -0.2) is 53.8 Å². The first-order valence-electron chi connectivity index (χ1n) is 14.4. The molecule has 39 heavy (non-hydrogen) atoms. The van der Waals surface area contributed by atoms with Gasteiger partial charge in [0.25, 0.3) is 8.32 Å². The lowest BCUT2D eigenvalue weighted by atomic mass is 10.0. The highest BCUT2D eigenvalue weighted by molar-refractivity contribution is 6.99. The van der Waals surface area contributed by atoms with Crippen LogP contribution in [0.3, 0.4) is 0 Å². The molecule has 0 aliphatic heterocycles. The summed E-state index contributed by atoms with van der Waals surface area (Å²) in [6.45, 7) is 22.6. The maximum absolute atomic E-state index is 10.6. The summed E-state index contributed by atoms with van der Waals surface area (Å²) in [6, 6.07) is 21.5. The minimum Gasteiger partial charge on any atom is -0.414 e. The van der Waals surface area contributed by atoms with E-state index in [1.54, 1.807) is 13.2 Å².